The summed E-state index contributed by atoms with van der Waals surface area (Å²) in [7, 11) is 0. The number of aliphatic hydroxyl groups is 1. The van der Waals surface area contributed by atoms with E-state index < -0.39 is 18.6 Å². The molecule has 0 spiro atoms. The molecule has 144 valence electrons. The third-order valence-electron chi connectivity index (χ3n) is 4.44. The molecule has 1 heterocycles. The van der Waals surface area contributed by atoms with Crippen LogP contribution in [0.15, 0.2) is 48.5 Å². The maximum Gasteiger partial charge on any atom is 0.387 e. The fraction of sp³-hybridized carbons (Fsp3) is 0.316. The first-order chi connectivity index (χ1) is 13.1. The van der Waals surface area contributed by atoms with Crippen molar-refractivity contribution in [2.75, 3.05) is 19.7 Å². The first-order valence-corrected chi connectivity index (χ1v) is 8.59. The Morgan fingerprint density at radius 2 is 1.89 bits per heavy atom. The predicted octanol–water partition coefficient (Wildman–Crippen LogP) is 1.94. The molecular formula is C19H21F2N3O3. The third-order valence-corrected chi connectivity index (χ3v) is 4.44. The molecule has 4 N–H and O–H groups in total. The monoisotopic (exact) mass is 377 g/mol. The number of carbonyl (C=O) groups excluding carboxylic acids is 1. The third kappa shape index (κ3) is 4.79. The van der Waals surface area contributed by atoms with E-state index in [4.69, 9.17) is 0 Å². The van der Waals surface area contributed by atoms with Crippen molar-refractivity contribution < 1.29 is 23.4 Å². The van der Waals surface area contributed by atoms with Crippen molar-refractivity contribution in [1.29, 1.82) is 0 Å². The molecule has 1 amide bonds. The van der Waals surface area contributed by atoms with Gasteiger partial charge in [0.15, 0.2) is 0 Å². The number of hydrogen-bond donors (Lipinski definition) is 4. The van der Waals surface area contributed by atoms with Gasteiger partial charge in [0, 0.05) is 30.1 Å². The molecule has 0 radical (unpaired) electrons. The summed E-state index contributed by atoms with van der Waals surface area (Å²) in [5, 5.41) is 12.3. The molecule has 1 atom stereocenters. The van der Waals surface area contributed by atoms with Crippen molar-refractivity contribution in [1.82, 2.24) is 16.2 Å². The average molecular weight is 377 g/mol. The number of alkyl halides is 2. The Morgan fingerprint density at radius 3 is 2.52 bits per heavy atom. The molecule has 0 saturated carbocycles. The normalized spacial score (nSPS) is 15.7. The van der Waals surface area contributed by atoms with Gasteiger partial charge in [-0.15, -0.1) is 0 Å². The highest BCUT2D eigenvalue weighted by Gasteiger charge is 2.23. The summed E-state index contributed by atoms with van der Waals surface area (Å²) in [4.78, 5) is 12.6. The SMILES string of the molecule is O=C(N[C@H](CO)c1ccccc1)c1ccc(C2CNNC2)c(OC(F)F)c1. The van der Waals surface area contributed by atoms with Crippen molar-refractivity contribution in [2.45, 2.75) is 18.6 Å². The Hall–Kier alpha value is -2.55. The number of hydrogen-bond acceptors (Lipinski definition) is 5. The van der Waals surface area contributed by atoms with E-state index >= 15 is 0 Å². The topological polar surface area (TPSA) is 82.6 Å². The second-order valence-corrected chi connectivity index (χ2v) is 6.21. The van der Waals surface area contributed by atoms with Crippen molar-refractivity contribution in [3.05, 3.63) is 65.2 Å². The average Bonchev–Trinajstić information content (AvgIpc) is 3.20. The van der Waals surface area contributed by atoms with Crippen LogP contribution in [0.4, 0.5) is 8.78 Å². The highest BCUT2D eigenvalue weighted by Crippen LogP contribution is 2.30. The molecule has 27 heavy (non-hydrogen) atoms. The minimum absolute atomic E-state index is 0.0200. The van der Waals surface area contributed by atoms with Crippen molar-refractivity contribution in [2.24, 2.45) is 0 Å². The van der Waals surface area contributed by atoms with E-state index in [0.29, 0.717) is 18.7 Å². The number of aliphatic hydroxyl groups excluding tert-OH is 1. The lowest BCUT2D eigenvalue weighted by Crippen LogP contribution is -2.30. The Balaban J connectivity index is 1.81. The van der Waals surface area contributed by atoms with E-state index in [2.05, 4.69) is 20.9 Å². The van der Waals surface area contributed by atoms with Gasteiger partial charge in [-0.25, -0.2) is 0 Å². The van der Waals surface area contributed by atoms with Gasteiger partial charge >= 0.3 is 6.61 Å². The van der Waals surface area contributed by atoms with E-state index in [0.717, 1.165) is 5.56 Å². The summed E-state index contributed by atoms with van der Waals surface area (Å²) in [5.74, 6) is -0.537. The fourth-order valence-electron chi connectivity index (χ4n) is 3.06. The molecule has 0 aromatic heterocycles. The number of carbonyl (C=O) groups is 1. The first-order valence-electron chi connectivity index (χ1n) is 8.59. The summed E-state index contributed by atoms with van der Waals surface area (Å²) >= 11 is 0. The number of benzene rings is 2. The Labute approximate surface area is 155 Å². The van der Waals surface area contributed by atoms with Crippen LogP contribution in [0, 0.1) is 0 Å². The first kappa shape index (κ1) is 19.2. The van der Waals surface area contributed by atoms with Crippen LogP contribution < -0.4 is 20.9 Å². The van der Waals surface area contributed by atoms with Crippen molar-refractivity contribution in [3.8, 4) is 5.75 Å². The maximum absolute atomic E-state index is 12.8. The highest BCUT2D eigenvalue weighted by atomic mass is 19.3. The molecule has 0 bridgehead atoms. The zero-order valence-electron chi connectivity index (χ0n) is 14.5. The largest absolute Gasteiger partial charge is 0.435 e. The molecule has 1 fully saturated rings. The number of amides is 1. The van der Waals surface area contributed by atoms with Crippen LogP contribution in [0.1, 0.15) is 33.4 Å². The summed E-state index contributed by atoms with van der Waals surface area (Å²) in [5.41, 5.74) is 7.41. The van der Waals surface area contributed by atoms with Gasteiger partial charge < -0.3 is 15.2 Å². The number of ether oxygens (including phenoxy) is 1. The highest BCUT2D eigenvalue weighted by molar-refractivity contribution is 5.95. The lowest BCUT2D eigenvalue weighted by molar-refractivity contribution is -0.0506. The molecule has 2 aromatic rings. The quantitative estimate of drug-likeness (QED) is 0.593. The number of nitrogens with one attached hydrogen (secondary N) is 3. The fourth-order valence-corrected chi connectivity index (χ4v) is 3.06. The Morgan fingerprint density at radius 1 is 1.19 bits per heavy atom. The molecule has 2 aromatic carbocycles. The van der Waals surface area contributed by atoms with Gasteiger partial charge in [0.2, 0.25) is 0 Å². The van der Waals surface area contributed by atoms with Crippen LogP contribution in [0.3, 0.4) is 0 Å². The summed E-state index contributed by atoms with van der Waals surface area (Å²) < 4.78 is 30.3. The van der Waals surface area contributed by atoms with Gasteiger partial charge in [0.25, 0.3) is 5.91 Å². The molecule has 6 nitrogen and oxygen atoms in total. The molecule has 8 heteroatoms. The van der Waals surface area contributed by atoms with Crippen molar-refractivity contribution >= 4 is 5.91 Å². The van der Waals surface area contributed by atoms with Gasteiger partial charge in [-0.3, -0.25) is 15.6 Å². The minimum Gasteiger partial charge on any atom is -0.435 e. The van der Waals surface area contributed by atoms with Crippen LogP contribution in [0.2, 0.25) is 0 Å². The summed E-state index contributed by atoms with van der Waals surface area (Å²) in [6, 6.07) is 12.9. The Kier molecular flexibility index (Phi) is 6.33. The van der Waals surface area contributed by atoms with Gasteiger partial charge in [-0.05, 0) is 17.7 Å². The summed E-state index contributed by atoms with van der Waals surface area (Å²) in [6.07, 6.45) is 0. The second-order valence-electron chi connectivity index (χ2n) is 6.21. The van der Waals surface area contributed by atoms with Crippen LogP contribution in [0.5, 0.6) is 5.75 Å². The van der Waals surface area contributed by atoms with E-state index in [9.17, 15) is 18.7 Å². The van der Waals surface area contributed by atoms with Gasteiger partial charge in [0.05, 0.1) is 12.6 Å². The smallest absolute Gasteiger partial charge is 0.387 e. The molecule has 3 rings (SSSR count). The van der Waals surface area contributed by atoms with Gasteiger partial charge in [0.1, 0.15) is 5.75 Å². The van der Waals surface area contributed by atoms with Crippen molar-refractivity contribution in [3.63, 3.8) is 0 Å². The molecule has 0 unspecified atom stereocenters. The van der Waals surface area contributed by atoms with Crippen LogP contribution in [-0.4, -0.2) is 37.3 Å². The number of rotatable bonds is 7. The van der Waals surface area contributed by atoms with Gasteiger partial charge in [-0.1, -0.05) is 36.4 Å². The molecule has 1 aliphatic rings. The molecular weight excluding hydrogens is 356 g/mol. The van der Waals surface area contributed by atoms with E-state index in [1.807, 2.05) is 6.07 Å². The second kappa shape index (κ2) is 8.90. The molecule has 0 aliphatic carbocycles. The lowest BCUT2D eigenvalue weighted by atomic mass is 9.97. The molecule has 1 aliphatic heterocycles. The van der Waals surface area contributed by atoms with E-state index in [1.54, 1.807) is 36.4 Å². The maximum atomic E-state index is 12.8. The standard InChI is InChI=1S/C19H21F2N3O3/c20-19(21)27-17-8-13(6-7-15(17)14-9-22-23-10-14)18(26)24-16(11-25)12-4-2-1-3-5-12/h1-8,14,16,19,22-23,25H,9-11H2,(H,24,26)/t16-/m1/s1. The van der Waals surface area contributed by atoms with Crippen LogP contribution in [0.25, 0.3) is 0 Å². The molecule has 1 saturated heterocycles. The predicted molar refractivity (Wildman–Crippen MR) is 95.6 cm³/mol. The minimum atomic E-state index is -2.99. The number of halogens is 2. The Bertz CT molecular complexity index is 768. The van der Waals surface area contributed by atoms with Crippen LogP contribution in [-0.2, 0) is 0 Å². The summed E-state index contributed by atoms with van der Waals surface area (Å²) in [6.45, 7) is -2.12. The van der Waals surface area contributed by atoms with Crippen LogP contribution >= 0.6 is 0 Å². The zero-order valence-corrected chi connectivity index (χ0v) is 14.5. The number of hydrazine groups is 1. The zero-order chi connectivity index (χ0) is 19.2. The van der Waals surface area contributed by atoms with Gasteiger partial charge in [-0.2, -0.15) is 8.78 Å². The van der Waals surface area contributed by atoms with E-state index in [-0.39, 0.29) is 23.8 Å². The van der Waals surface area contributed by atoms with E-state index in [1.165, 1.54) is 6.07 Å². The lowest BCUT2D eigenvalue weighted by Gasteiger charge is -2.19.